The van der Waals surface area contributed by atoms with Crippen LogP contribution >= 0.6 is 0 Å². The molecule has 19 heavy (non-hydrogen) atoms. The predicted octanol–water partition coefficient (Wildman–Crippen LogP) is 4.32. The number of benzene rings is 1. The summed E-state index contributed by atoms with van der Waals surface area (Å²) in [6.45, 7) is 0.878. The third kappa shape index (κ3) is 2.96. The zero-order valence-electron chi connectivity index (χ0n) is 9.78. The van der Waals surface area contributed by atoms with Crippen LogP contribution in [0.3, 0.4) is 0 Å². The fourth-order valence-electron chi connectivity index (χ4n) is 2.17. The molecule has 0 unspecified atom stereocenters. The summed E-state index contributed by atoms with van der Waals surface area (Å²) in [4.78, 5) is 1.48. The van der Waals surface area contributed by atoms with Crippen molar-refractivity contribution in [2.24, 2.45) is 0 Å². The van der Waals surface area contributed by atoms with Crippen LogP contribution in [0.5, 0.6) is 0 Å². The minimum Gasteiger partial charge on any atom is -0.371 e. The van der Waals surface area contributed by atoms with Crippen LogP contribution in [0.25, 0.3) is 0 Å². The second-order valence-corrected chi connectivity index (χ2v) is 4.42. The van der Waals surface area contributed by atoms with Gasteiger partial charge in [-0.05, 0) is 31.0 Å². The van der Waals surface area contributed by atoms with Crippen molar-refractivity contribution >= 4 is 5.69 Å². The van der Waals surface area contributed by atoms with E-state index in [1.165, 1.54) is 4.90 Å². The Morgan fingerprint density at radius 1 is 0.842 bits per heavy atom. The summed E-state index contributed by atoms with van der Waals surface area (Å²) < 4.78 is 76.1. The van der Waals surface area contributed by atoms with Crippen LogP contribution in [-0.2, 0) is 12.4 Å². The Morgan fingerprint density at radius 3 is 1.89 bits per heavy atom. The molecule has 1 aromatic rings. The molecule has 1 aliphatic rings. The Hall–Kier alpha value is -1.40. The van der Waals surface area contributed by atoms with E-state index >= 15 is 0 Å². The number of hydrogen-bond acceptors (Lipinski definition) is 1. The molecule has 1 aliphatic heterocycles. The molecule has 1 nitrogen and oxygen atoms in total. The molecule has 106 valence electrons. The van der Waals surface area contributed by atoms with Crippen LogP contribution in [-0.4, -0.2) is 13.1 Å². The Bertz CT molecular complexity index is 456. The number of nitrogens with zero attached hydrogens (tertiary/aromatic N) is 1. The maximum absolute atomic E-state index is 12.9. The zero-order chi connectivity index (χ0) is 14.3. The fourth-order valence-corrected chi connectivity index (χ4v) is 2.17. The largest absolute Gasteiger partial charge is 0.418 e. The molecule has 7 heteroatoms. The van der Waals surface area contributed by atoms with Crippen molar-refractivity contribution in [3.8, 4) is 0 Å². The minimum absolute atomic E-state index is 0.169. The van der Waals surface area contributed by atoms with Crippen molar-refractivity contribution in [1.29, 1.82) is 0 Å². The highest BCUT2D eigenvalue weighted by molar-refractivity contribution is 5.57. The lowest BCUT2D eigenvalue weighted by Crippen LogP contribution is -2.23. The van der Waals surface area contributed by atoms with Crippen molar-refractivity contribution in [3.63, 3.8) is 0 Å². The van der Waals surface area contributed by atoms with Gasteiger partial charge in [0.25, 0.3) is 0 Å². The van der Waals surface area contributed by atoms with E-state index in [1.54, 1.807) is 0 Å². The monoisotopic (exact) mass is 283 g/mol. The average molecular weight is 283 g/mol. The standard InChI is InChI=1S/C12H11F6N/c13-11(14,15)8-3-4-10(19-5-1-2-6-19)9(7-8)12(16,17)18/h3-4,7H,1-2,5-6H2. The molecule has 2 rings (SSSR count). The van der Waals surface area contributed by atoms with E-state index in [9.17, 15) is 26.3 Å². The van der Waals surface area contributed by atoms with Gasteiger partial charge in [0.05, 0.1) is 11.1 Å². The smallest absolute Gasteiger partial charge is 0.371 e. The van der Waals surface area contributed by atoms with E-state index in [4.69, 9.17) is 0 Å². The lowest BCUT2D eigenvalue weighted by atomic mass is 10.1. The maximum atomic E-state index is 12.9. The van der Waals surface area contributed by atoms with Gasteiger partial charge in [-0.25, -0.2) is 0 Å². The van der Waals surface area contributed by atoms with Crippen LogP contribution in [0.4, 0.5) is 32.0 Å². The van der Waals surface area contributed by atoms with Crippen LogP contribution in [0, 0.1) is 0 Å². The van der Waals surface area contributed by atoms with Gasteiger partial charge in [0.15, 0.2) is 0 Å². The first-order chi connectivity index (χ1) is 8.69. The van der Waals surface area contributed by atoms with Crippen LogP contribution in [0.1, 0.15) is 24.0 Å². The van der Waals surface area contributed by atoms with Crippen molar-refractivity contribution in [2.45, 2.75) is 25.2 Å². The summed E-state index contributed by atoms with van der Waals surface area (Å²) in [6.07, 6.45) is -8.07. The molecule has 0 radical (unpaired) electrons. The molecule has 0 saturated carbocycles. The molecule has 0 amide bonds. The van der Waals surface area contributed by atoms with Gasteiger partial charge >= 0.3 is 12.4 Å². The molecule has 0 aliphatic carbocycles. The van der Waals surface area contributed by atoms with Gasteiger partial charge in [-0.2, -0.15) is 26.3 Å². The van der Waals surface area contributed by atoms with Gasteiger partial charge in [-0.3, -0.25) is 0 Å². The lowest BCUT2D eigenvalue weighted by molar-refractivity contribution is -0.142. The van der Waals surface area contributed by atoms with E-state index < -0.39 is 23.5 Å². The summed E-state index contributed by atoms with van der Waals surface area (Å²) >= 11 is 0. The topological polar surface area (TPSA) is 3.24 Å². The van der Waals surface area contributed by atoms with Gasteiger partial charge in [0, 0.05) is 18.8 Å². The van der Waals surface area contributed by atoms with Crippen molar-refractivity contribution in [2.75, 3.05) is 18.0 Å². The summed E-state index contributed by atoms with van der Waals surface area (Å²) in [7, 11) is 0. The lowest BCUT2D eigenvalue weighted by Gasteiger charge is -2.23. The summed E-state index contributed by atoms with van der Waals surface area (Å²) in [5.41, 5.74) is -2.66. The maximum Gasteiger partial charge on any atom is 0.418 e. The van der Waals surface area contributed by atoms with Gasteiger partial charge in [-0.1, -0.05) is 0 Å². The zero-order valence-corrected chi connectivity index (χ0v) is 9.78. The molecule has 1 heterocycles. The summed E-state index contributed by atoms with van der Waals surface area (Å²) in [5, 5.41) is 0. The number of halogens is 6. The Morgan fingerprint density at radius 2 is 1.42 bits per heavy atom. The Kier molecular flexibility index (Phi) is 3.40. The molecule has 0 spiro atoms. The Balaban J connectivity index is 2.49. The highest BCUT2D eigenvalue weighted by Gasteiger charge is 2.39. The highest BCUT2D eigenvalue weighted by Crippen LogP contribution is 2.41. The van der Waals surface area contributed by atoms with Gasteiger partial charge in [0.1, 0.15) is 0 Å². The van der Waals surface area contributed by atoms with Crippen LogP contribution in [0.2, 0.25) is 0 Å². The van der Waals surface area contributed by atoms with E-state index in [-0.39, 0.29) is 11.8 Å². The SMILES string of the molecule is FC(F)(F)c1ccc(N2CCCC2)c(C(F)(F)F)c1. The first-order valence-electron chi connectivity index (χ1n) is 5.73. The highest BCUT2D eigenvalue weighted by atomic mass is 19.4. The molecule has 1 aromatic carbocycles. The normalized spacial score (nSPS) is 17.1. The molecule has 1 fully saturated rings. The summed E-state index contributed by atoms with van der Waals surface area (Å²) in [6, 6.07) is 1.80. The number of hydrogen-bond donors (Lipinski definition) is 0. The van der Waals surface area contributed by atoms with E-state index in [0.717, 1.165) is 18.9 Å². The first kappa shape index (κ1) is 14.0. The van der Waals surface area contributed by atoms with E-state index in [0.29, 0.717) is 19.2 Å². The molecule has 0 bridgehead atoms. The molecular formula is C12H11F6N. The van der Waals surface area contributed by atoms with Crippen molar-refractivity contribution in [3.05, 3.63) is 29.3 Å². The van der Waals surface area contributed by atoms with Crippen molar-refractivity contribution in [1.82, 2.24) is 0 Å². The van der Waals surface area contributed by atoms with E-state index in [1.807, 2.05) is 0 Å². The van der Waals surface area contributed by atoms with Gasteiger partial charge in [-0.15, -0.1) is 0 Å². The van der Waals surface area contributed by atoms with Gasteiger partial charge in [0.2, 0.25) is 0 Å². The van der Waals surface area contributed by atoms with Crippen LogP contribution in [0.15, 0.2) is 18.2 Å². The van der Waals surface area contributed by atoms with Gasteiger partial charge < -0.3 is 4.90 Å². The van der Waals surface area contributed by atoms with Crippen LogP contribution < -0.4 is 4.90 Å². The fraction of sp³-hybridized carbons (Fsp3) is 0.500. The predicted molar refractivity (Wildman–Crippen MR) is 57.9 cm³/mol. The Labute approximate surface area is 105 Å². The third-order valence-corrected chi connectivity index (χ3v) is 3.08. The molecule has 0 atom stereocenters. The molecular weight excluding hydrogens is 272 g/mol. The second-order valence-electron chi connectivity index (χ2n) is 4.42. The minimum atomic E-state index is -4.79. The third-order valence-electron chi connectivity index (χ3n) is 3.08. The molecule has 0 N–H and O–H groups in total. The number of anilines is 1. The number of rotatable bonds is 1. The average Bonchev–Trinajstić information content (AvgIpc) is 2.79. The molecule has 0 aromatic heterocycles. The second kappa shape index (κ2) is 4.61. The van der Waals surface area contributed by atoms with E-state index in [2.05, 4.69) is 0 Å². The van der Waals surface area contributed by atoms with Crippen molar-refractivity contribution < 1.29 is 26.3 Å². The quantitative estimate of drug-likeness (QED) is 0.694. The first-order valence-corrected chi connectivity index (χ1v) is 5.73. The summed E-state index contributed by atoms with van der Waals surface area (Å²) in [5.74, 6) is 0. The molecule has 1 saturated heterocycles. The number of alkyl halides is 6.